The summed E-state index contributed by atoms with van der Waals surface area (Å²) in [7, 11) is 0. The van der Waals surface area contributed by atoms with Gasteiger partial charge in [-0.15, -0.1) is 0 Å². The third kappa shape index (κ3) is 4.24. The highest BCUT2D eigenvalue weighted by atomic mass is 32.2. The van der Waals surface area contributed by atoms with Crippen molar-refractivity contribution in [3.05, 3.63) is 75.3 Å². The SMILES string of the molecule is CCCCN1C(=O)/C(=C\c2c(Oc3ccccc3F)nc3ccccn3c2=O)SC1=S. The van der Waals surface area contributed by atoms with Crippen LogP contribution in [0.3, 0.4) is 0 Å². The fourth-order valence-electron chi connectivity index (χ4n) is 3.06. The van der Waals surface area contributed by atoms with Gasteiger partial charge in [-0.1, -0.05) is 55.5 Å². The number of hydrogen-bond acceptors (Lipinski definition) is 6. The number of pyridine rings is 1. The van der Waals surface area contributed by atoms with E-state index in [1.807, 2.05) is 6.92 Å². The number of thiocarbonyl (C=S) groups is 1. The van der Waals surface area contributed by atoms with E-state index in [0.717, 1.165) is 24.6 Å². The van der Waals surface area contributed by atoms with Gasteiger partial charge in [0.25, 0.3) is 11.5 Å². The van der Waals surface area contributed by atoms with Gasteiger partial charge in [-0.05, 0) is 36.8 Å². The summed E-state index contributed by atoms with van der Waals surface area (Å²) in [5, 5.41) is 0. The molecule has 0 unspecified atom stereocenters. The van der Waals surface area contributed by atoms with E-state index in [2.05, 4.69) is 4.98 Å². The van der Waals surface area contributed by atoms with Gasteiger partial charge in [0.1, 0.15) is 15.5 Å². The second kappa shape index (κ2) is 8.99. The van der Waals surface area contributed by atoms with Crippen molar-refractivity contribution in [2.75, 3.05) is 6.54 Å². The lowest BCUT2D eigenvalue weighted by atomic mass is 10.2. The van der Waals surface area contributed by atoms with Crippen LogP contribution < -0.4 is 10.3 Å². The molecular formula is C22H18FN3O3S2. The van der Waals surface area contributed by atoms with E-state index in [4.69, 9.17) is 17.0 Å². The zero-order valence-corrected chi connectivity index (χ0v) is 18.2. The number of thioether (sulfide) groups is 1. The maximum Gasteiger partial charge on any atom is 0.269 e. The predicted molar refractivity (Wildman–Crippen MR) is 123 cm³/mol. The topological polar surface area (TPSA) is 63.9 Å². The Labute approximate surface area is 187 Å². The predicted octanol–water partition coefficient (Wildman–Crippen LogP) is 4.63. The highest BCUT2D eigenvalue weighted by molar-refractivity contribution is 8.26. The molecule has 4 rings (SSSR count). The molecule has 0 aliphatic carbocycles. The number of para-hydroxylation sites is 1. The molecule has 0 radical (unpaired) electrons. The summed E-state index contributed by atoms with van der Waals surface area (Å²) in [4.78, 5) is 32.3. The first kappa shape index (κ1) is 21.2. The summed E-state index contributed by atoms with van der Waals surface area (Å²) >= 11 is 6.46. The molecular weight excluding hydrogens is 437 g/mol. The van der Waals surface area contributed by atoms with Gasteiger partial charge >= 0.3 is 0 Å². The Bertz CT molecular complexity index is 1270. The number of ether oxygens (including phenoxy) is 1. The van der Waals surface area contributed by atoms with Gasteiger partial charge in [-0.3, -0.25) is 18.9 Å². The van der Waals surface area contributed by atoms with Crippen LogP contribution in [0.25, 0.3) is 11.7 Å². The number of fused-ring (bicyclic) bond motifs is 1. The van der Waals surface area contributed by atoms with Crippen molar-refractivity contribution in [1.82, 2.24) is 14.3 Å². The Morgan fingerprint density at radius 3 is 2.74 bits per heavy atom. The number of carbonyl (C=O) groups is 1. The largest absolute Gasteiger partial charge is 0.435 e. The van der Waals surface area contributed by atoms with Gasteiger partial charge in [0.2, 0.25) is 5.88 Å². The normalized spacial score (nSPS) is 15.3. The average molecular weight is 456 g/mol. The molecule has 0 bridgehead atoms. The number of aromatic nitrogens is 2. The zero-order valence-electron chi connectivity index (χ0n) is 16.6. The highest BCUT2D eigenvalue weighted by Crippen LogP contribution is 2.34. The van der Waals surface area contributed by atoms with Gasteiger partial charge in [0.05, 0.1) is 4.91 Å². The molecule has 1 aliphatic heterocycles. The Morgan fingerprint density at radius 2 is 1.97 bits per heavy atom. The molecule has 0 N–H and O–H groups in total. The van der Waals surface area contributed by atoms with Gasteiger partial charge < -0.3 is 4.74 Å². The quantitative estimate of drug-likeness (QED) is 0.399. The maximum absolute atomic E-state index is 14.2. The van der Waals surface area contributed by atoms with Crippen LogP contribution in [0, 0.1) is 5.82 Å². The zero-order chi connectivity index (χ0) is 22.0. The minimum atomic E-state index is -0.589. The first-order valence-corrected chi connectivity index (χ1v) is 10.9. The van der Waals surface area contributed by atoms with Gasteiger partial charge in [0.15, 0.2) is 11.6 Å². The van der Waals surface area contributed by atoms with Gasteiger partial charge in [-0.25, -0.2) is 4.39 Å². The summed E-state index contributed by atoms with van der Waals surface area (Å²) in [6.45, 7) is 2.55. The van der Waals surface area contributed by atoms with Crippen LogP contribution in [0.1, 0.15) is 25.3 Å². The molecule has 0 spiro atoms. The van der Waals surface area contributed by atoms with E-state index in [1.165, 1.54) is 33.6 Å². The summed E-state index contributed by atoms with van der Waals surface area (Å²) in [5.41, 5.74) is -0.0507. The van der Waals surface area contributed by atoms with E-state index in [1.54, 1.807) is 30.5 Å². The standard InChI is InChI=1S/C22H18FN3O3S2/c1-2-3-11-26-21(28)17(31-22(26)30)13-14-19(29-16-9-5-4-8-15(16)23)24-18-10-6-7-12-25(18)20(14)27/h4-10,12-13H,2-3,11H2,1H3/b17-13+. The molecule has 1 fully saturated rings. The average Bonchev–Trinajstić information content (AvgIpc) is 3.03. The number of carbonyl (C=O) groups excluding carboxylic acids is 1. The minimum absolute atomic E-state index is 0.0444. The molecule has 1 aromatic carbocycles. The highest BCUT2D eigenvalue weighted by Gasteiger charge is 2.32. The van der Waals surface area contributed by atoms with Crippen molar-refractivity contribution in [2.24, 2.45) is 0 Å². The van der Waals surface area contributed by atoms with Crippen molar-refractivity contribution in [2.45, 2.75) is 19.8 Å². The summed E-state index contributed by atoms with van der Waals surface area (Å²) in [6.07, 6.45) is 4.74. The van der Waals surface area contributed by atoms with E-state index < -0.39 is 11.4 Å². The van der Waals surface area contributed by atoms with Crippen molar-refractivity contribution in [3.63, 3.8) is 0 Å². The first-order chi connectivity index (χ1) is 15.0. The molecule has 1 saturated heterocycles. The lowest BCUT2D eigenvalue weighted by Gasteiger charge is -2.13. The van der Waals surface area contributed by atoms with Crippen LogP contribution in [-0.2, 0) is 4.79 Å². The molecule has 3 aromatic rings. The number of hydrogen-bond donors (Lipinski definition) is 0. The third-order valence-corrected chi connectivity index (χ3v) is 6.04. The maximum atomic E-state index is 14.2. The van der Waals surface area contributed by atoms with E-state index in [-0.39, 0.29) is 23.1 Å². The monoisotopic (exact) mass is 455 g/mol. The summed E-state index contributed by atoms with van der Waals surface area (Å²) in [6, 6.07) is 10.9. The molecule has 158 valence electrons. The van der Waals surface area contributed by atoms with Crippen molar-refractivity contribution >= 4 is 45.9 Å². The van der Waals surface area contributed by atoms with E-state index in [9.17, 15) is 14.0 Å². The van der Waals surface area contributed by atoms with Gasteiger partial charge in [-0.2, -0.15) is 4.98 Å². The summed E-state index contributed by atoms with van der Waals surface area (Å²) < 4.78 is 21.6. The Kier molecular flexibility index (Phi) is 6.15. The van der Waals surface area contributed by atoms with Crippen molar-refractivity contribution < 1.29 is 13.9 Å². The van der Waals surface area contributed by atoms with Crippen molar-refractivity contribution in [1.29, 1.82) is 0 Å². The molecule has 31 heavy (non-hydrogen) atoms. The molecule has 6 nitrogen and oxygen atoms in total. The second-order valence-corrected chi connectivity index (χ2v) is 8.46. The first-order valence-electron chi connectivity index (χ1n) is 9.68. The number of nitrogens with zero attached hydrogens (tertiary/aromatic N) is 3. The van der Waals surface area contributed by atoms with Crippen LogP contribution in [0.4, 0.5) is 4.39 Å². The number of unbranched alkanes of at least 4 members (excludes halogenated alkanes) is 1. The fraction of sp³-hybridized carbons (Fsp3) is 0.182. The Morgan fingerprint density at radius 1 is 1.19 bits per heavy atom. The molecule has 0 atom stereocenters. The van der Waals surface area contributed by atoms with Crippen LogP contribution in [-0.4, -0.2) is 31.1 Å². The molecule has 9 heteroatoms. The fourth-order valence-corrected chi connectivity index (χ4v) is 4.35. The number of rotatable bonds is 6. The second-order valence-electron chi connectivity index (χ2n) is 6.78. The molecule has 2 aromatic heterocycles. The third-order valence-electron chi connectivity index (χ3n) is 4.66. The lowest BCUT2D eigenvalue weighted by molar-refractivity contribution is -0.122. The molecule has 1 amide bonds. The summed E-state index contributed by atoms with van der Waals surface area (Å²) in [5.74, 6) is -1.01. The van der Waals surface area contributed by atoms with E-state index in [0.29, 0.717) is 21.4 Å². The van der Waals surface area contributed by atoms with E-state index >= 15 is 0 Å². The number of benzene rings is 1. The van der Waals surface area contributed by atoms with Crippen LogP contribution >= 0.6 is 24.0 Å². The van der Waals surface area contributed by atoms with Crippen LogP contribution in [0.15, 0.2) is 58.4 Å². The Hall–Kier alpha value is -3.04. The lowest BCUT2D eigenvalue weighted by Crippen LogP contribution is -2.29. The number of amides is 1. The van der Waals surface area contributed by atoms with Crippen LogP contribution in [0.2, 0.25) is 0 Å². The minimum Gasteiger partial charge on any atom is -0.435 e. The molecule has 3 heterocycles. The molecule has 1 aliphatic rings. The van der Waals surface area contributed by atoms with Gasteiger partial charge in [0, 0.05) is 12.7 Å². The number of halogens is 1. The van der Waals surface area contributed by atoms with Crippen molar-refractivity contribution in [3.8, 4) is 11.6 Å². The smallest absolute Gasteiger partial charge is 0.269 e. The Balaban J connectivity index is 1.83. The molecule has 0 saturated carbocycles. The van der Waals surface area contributed by atoms with Crippen LogP contribution in [0.5, 0.6) is 11.6 Å².